The Morgan fingerprint density at radius 1 is 1.56 bits per heavy atom. The number of benzene rings is 1. The maximum absolute atomic E-state index is 10.9. The first kappa shape index (κ1) is 13.1. The molecule has 0 N–H and O–H groups in total. The van der Waals surface area contributed by atoms with Gasteiger partial charge in [0.15, 0.2) is 4.34 Å². The summed E-state index contributed by atoms with van der Waals surface area (Å²) in [5.74, 6) is -1.06. The number of allylic oxidation sites excluding steroid dienone is 1. The highest BCUT2D eigenvalue weighted by atomic mass is 32.2. The van der Waals surface area contributed by atoms with Gasteiger partial charge in [-0.2, -0.15) is 0 Å². The first-order valence-corrected chi connectivity index (χ1v) is 7.31. The van der Waals surface area contributed by atoms with E-state index in [1.807, 2.05) is 24.3 Å². The molecular formula is C13H12NO2S2-. The zero-order valence-electron chi connectivity index (χ0n) is 9.67. The van der Waals surface area contributed by atoms with E-state index in [2.05, 4.69) is 11.6 Å². The molecule has 18 heavy (non-hydrogen) atoms. The lowest BCUT2D eigenvalue weighted by atomic mass is 10.1. The molecule has 0 aliphatic rings. The number of rotatable bonds is 6. The van der Waals surface area contributed by atoms with Crippen LogP contribution in [0.25, 0.3) is 10.2 Å². The third-order valence-corrected chi connectivity index (χ3v) is 4.81. The molecule has 0 saturated heterocycles. The normalized spacial score (nSPS) is 12.4. The van der Waals surface area contributed by atoms with Crippen LogP contribution in [0.3, 0.4) is 0 Å². The first-order valence-electron chi connectivity index (χ1n) is 5.51. The third kappa shape index (κ3) is 3.11. The quantitative estimate of drug-likeness (QED) is 0.601. The van der Waals surface area contributed by atoms with Crippen LogP contribution in [0.4, 0.5) is 0 Å². The Labute approximate surface area is 114 Å². The number of carboxylic acid groups (broad SMARTS) is 1. The van der Waals surface area contributed by atoms with Gasteiger partial charge < -0.3 is 9.90 Å². The van der Waals surface area contributed by atoms with Gasteiger partial charge in [-0.1, -0.05) is 30.0 Å². The number of para-hydroxylation sites is 1. The smallest absolute Gasteiger partial charge is 0.151 e. The van der Waals surface area contributed by atoms with Gasteiger partial charge >= 0.3 is 0 Å². The fourth-order valence-corrected chi connectivity index (χ4v) is 3.70. The molecule has 5 heteroatoms. The molecule has 0 aliphatic carbocycles. The number of thioether (sulfide) groups is 1. The van der Waals surface area contributed by atoms with E-state index in [4.69, 9.17) is 0 Å². The minimum Gasteiger partial charge on any atom is -0.550 e. The summed E-state index contributed by atoms with van der Waals surface area (Å²) in [4.78, 5) is 15.3. The van der Waals surface area contributed by atoms with E-state index in [9.17, 15) is 9.90 Å². The summed E-state index contributed by atoms with van der Waals surface area (Å²) in [6.45, 7) is 3.56. The maximum Gasteiger partial charge on any atom is 0.151 e. The fraction of sp³-hybridized carbons (Fsp3) is 0.231. The number of fused-ring (bicyclic) bond motifs is 1. The summed E-state index contributed by atoms with van der Waals surface area (Å²) in [6, 6.07) is 7.88. The Bertz CT molecular complexity index is 532. The number of carboxylic acids is 1. The van der Waals surface area contributed by atoms with Crippen molar-refractivity contribution in [3.63, 3.8) is 0 Å². The van der Waals surface area contributed by atoms with Crippen LogP contribution in [-0.2, 0) is 4.79 Å². The molecule has 1 aromatic carbocycles. The lowest BCUT2D eigenvalue weighted by Gasteiger charge is -2.14. The van der Waals surface area contributed by atoms with Crippen molar-refractivity contribution < 1.29 is 9.90 Å². The van der Waals surface area contributed by atoms with E-state index in [0.717, 1.165) is 14.6 Å². The van der Waals surface area contributed by atoms with Gasteiger partial charge in [0.25, 0.3) is 0 Å². The molecule has 0 radical (unpaired) electrons. The van der Waals surface area contributed by atoms with Crippen LogP contribution in [0.2, 0.25) is 0 Å². The molecule has 1 heterocycles. The summed E-state index contributed by atoms with van der Waals surface area (Å²) >= 11 is 3.04. The van der Waals surface area contributed by atoms with E-state index in [1.54, 1.807) is 17.4 Å². The number of carbonyl (C=O) groups is 1. The lowest BCUT2D eigenvalue weighted by molar-refractivity contribution is -0.310. The Kier molecular flexibility index (Phi) is 4.38. The average molecular weight is 278 g/mol. The molecule has 94 valence electrons. The Morgan fingerprint density at radius 2 is 2.33 bits per heavy atom. The van der Waals surface area contributed by atoms with Crippen LogP contribution in [-0.4, -0.2) is 16.7 Å². The van der Waals surface area contributed by atoms with Crippen LogP contribution >= 0.6 is 23.1 Å². The number of hydrogen-bond donors (Lipinski definition) is 0. The third-order valence-electron chi connectivity index (χ3n) is 2.47. The van der Waals surface area contributed by atoms with Gasteiger partial charge in [-0.3, -0.25) is 0 Å². The summed E-state index contributed by atoms with van der Waals surface area (Å²) in [7, 11) is 0. The van der Waals surface area contributed by atoms with Crippen molar-refractivity contribution in [2.24, 2.45) is 5.92 Å². The number of thiazole rings is 1. The van der Waals surface area contributed by atoms with Crippen LogP contribution in [0.5, 0.6) is 0 Å². The van der Waals surface area contributed by atoms with Crippen molar-refractivity contribution in [1.29, 1.82) is 0 Å². The van der Waals surface area contributed by atoms with Gasteiger partial charge in [0.2, 0.25) is 0 Å². The minimum absolute atomic E-state index is 0.431. The second kappa shape index (κ2) is 6.02. The summed E-state index contributed by atoms with van der Waals surface area (Å²) in [6.07, 6.45) is 2.04. The zero-order chi connectivity index (χ0) is 13.0. The van der Waals surface area contributed by atoms with Crippen molar-refractivity contribution in [2.75, 3.05) is 5.75 Å². The van der Waals surface area contributed by atoms with Crippen molar-refractivity contribution in [3.8, 4) is 0 Å². The first-order chi connectivity index (χ1) is 8.70. The fourth-order valence-electron chi connectivity index (χ4n) is 1.52. The van der Waals surface area contributed by atoms with Crippen LogP contribution < -0.4 is 5.11 Å². The molecule has 3 nitrogen and oxygen atoms in total. The topological polar surface area (TPSA) is 53.0 Å². The van der Waals surface area contributed by atoms with E-state index in [0.29, 0.717) is 12.2 Å². The largest absolute Gasteiger partial charge is 0.550 e. The van der Waals surface area contributed by atoms with Crippen molar-refractivity contribution in [3.05, 3.63) is 36.9 Å². The molecule has 1 aromatic heterocycles. The van der Waals surface area contributed by atoms with E-state index in [-0.39, 0.29) is 0 Å². The predicted molar refractivity (Wildman–Crippen MR) is 73.7 cm³/mol. The minimum atomic E-state index is -1.02. The van der Waals surface area contributed by atoms with Crippen LogP contribution in [0.15, 0.2) is 41.3 Å². The second-order valence-corrected chi connectivity index (χ2v) is 6.10. The molecule has 0 aliphatic heterocycles. The highest BCUT2D eigenvalue weighted by Crippen LogP contribution is 2.30. The molecule has 0 fully saturated rings. The lowest BCUT2D eigenvalue weighted by Crippen LogP contribution is -2.32. The van der Waals surface area contributed by atoms with Crippen LogP contribution in [0, 0.1) is 5.92 Å². The Morgan fingerprint density at radius 3 is 3.00 bits per heavy atom. The van der Waals surface area contributed by atoms with Gasteiger partial charge in [0.1, 0.15) is 0 Å². The maximum atomic E-state index is 10.9. The predicted octanol–water partition coefficient (Wildman–Crippen LogP) is 2.33. The second-order valence-electron chi connectivity index (χ2n) is 3.80. The van der Waals surface area contributed by atoms with Crippen molar-refractivity contribution in [2.45, 2.75) is 10.8 Å². The van der Waals surface area contributed by atoms with E-state index in [1.165, 1.54) is 11.8 Å². The molecule has 0 saturated carbocycles. The molecule has 0 bridgehead atoms. The Hall–Kier alpha value is -1.33. The molecule has 1 atom stereocenters. The summed E-state index contributed by atoms with van der Waals surface area (Å²) < 4.78 is 2.01. The Balaban J connectivity index is 2.04. The van der Waals surface area contributed by atoms with Crippen molar-refractivity contribution >= 4 is 39.3 Å². The van der Waals surface area contributed by atoms with Gasteiger partial charge in [0.05, 0.1) is 10.2 Å². The number of aliphatic carboxylic acids is 1. The highest BCUT2D eigenvalue weighted by Gasteiger charge is 2.11. The SMILES string of the molecule is C=CCC(CSc1nc2ccccc2s1)C(=O)[O-]. The molecule has 0 amide bonds. The van der Waals surface area contributed by atoms with Gasteiger partial charge in [-0.05, 0) is 18.6 Å². The monoisotopic (exact) mass is 278 g/mol. The number of aromatic nitrogens is 1. The van der Waals surface area contributed by atoms with Gasteiger partial charge in [-0.25, -0.2) is 4.98 Å². The average Bonchev–Trinajstić information content (AvgIpc) is 2.76. The molecule has 2 aromatic rings. The van der Waals surface area contributed by atoms with Crippen molar-refractivity contribution in [1.82, 2.24) is 4.98 Å². The van der Waals surface area contributed by atoms with E-state index >= 15 is 0 Å². The summed E-state index contributed by atoms with van der Waals surface area (Å²) in [5, 5.41) is 10.9. The summed E-state index contributed by atoms with van der Waals surface area (Å²) in [5.41, 5.74) is 0.957. The highest BCUT2D eigenvalue weighted by molar-refractivity contribution is 8.01. The molecular weight excluding hydrogens is 266 g/mol. The van der Waals surface area contributed by atoms with Gasteiger partial charge in [0, 0.05) is 17.6 Å². The zero-order valence-corrected chi connectivity index (χ0v) is 11.3. The molecule has 0 spiro atoms. The number of carbonyl (C=O) groups excluding carboxylic acids is 1. The molecule has 1 unspecified atom stereocenters. The van der Waals surface area contributed by atoms with Gasteiger partial charge in [-0.15, -0.1) is 17.9 Å². The number of hydrogen-bond acceptors (Lipinski definition) is 5. The van der Waals surface area contributed by atoms with E-state index < -0.39 is 11.9 Å². The molecule has 2 rings (SSSR count). The number of nitrogens with zero attached hydrogens (tertiary/aromatic N) is 1. The van der Waals surface area contributed by atoms with Crippen LogP contribution in [0.1, 0.15) is 6.42 Å². The standard InChI is InChI=1S/C13H13NO2S2/c1-2-5-9(12(15)16)8-17-13-14-10-6-3-4-7-11(10)18-13/h2-4,6-7,9H,1,5,8H2,(H,15,16)/p-1.